The van der Waals surface area contributed by atoms with Gasteiger partial charge in [0.05, 0.1) is 0 Å². The zero-order chi connectivity index (χ0) is 11.4. The predicted molar refractivity (Wildman–Crippen MR) is 62.1 cm³/mol. The highest BCUT2D eigenvalue weighted by molar-refractivity contribution is 6.30. The van der Waals surface area contributed by atoms with Gasteiger partial charge in [-0.05, 0) is 36.6 Å². The van der Waals surface area contributed by atoms with E-state index in [1.807, 2.05) is 0 Å². The standard InChI is InChI=1S/C12H15ClFNO/c13-10-5-9(6-11(14)7-10)8-15-12-1-3-16-4-2-12/h5-7,12,15H,1-4,8H2. The average Bonchev–Trinajstić information content (AvgIpc) is 2.27. The van der Waals surface area contributed by atoms with Crippen LogP contribution in [0, 0.1) is 5.82 Å². The van der Waals surface area contributed by atoms with Gasteiger partial charge in [0.2, 0.25) is 0 Å². The Bertz CT molecular complexity index is 333. The van der Waals surface area contributed by atoms with Crippen LogP contribution in [0.4, 0.5) is 4.39 Å². The van der Waals surface area contributed by atoms with Crippen molar-refractivity contribution in [2.24, 2.45) is 0 Å². The van der Waals surface area contributed by atoms with E-state index >= 15 is 0 Å². The first kappa shape index (κ1) is 11.8. The lowest BCUT2D eigenvalue weighted by Gasteiger charge is -2.23. The molecular formula is C12H15ClFNO. The van der Waals surface area contributed by atoms with Crippen molar-refractivity contribution in [1.82, 2.24) is 5.32 Å². The van der Waals surface area contributed by atoms with Gasteiger partial charge in [-0.15, -0.1) is 0 Å². The fraction of sp³-hybridized carbons (Fsp3) is 0.500. The minimum absolute atomic E-state index is 0.281. The van der Waals surface area contributed by atoms with E-state index < -0.39 is 0 Å². The van der Waals surface area contributed by atoms with Crippen LogP contribution in [-0.2, 0) is 11.3 Å². The van der Waals surface area contributed by atoms with E-state index in [9.17, 15) is 4.39 Å². The molecule has 0 amide bonds. The van der Waals surface area contributed by atoms with Gasteiger partial charge in [0.15, 0.2) is 0 Å². The van der Waals surface area contributed by atoms with Crippen LogP contribution < -0.4 is 5.32 Å². The Kier molecular flexibility index (Phi) is 4.16. The molecule has 0 unspecified atom stereocenters. The van der Waals surface area contributed by atoms with Crippen molar-refractivity contribution < 1.29 is 9.13 Å². The molecule has 0 saturated carbocycles. The molecule has 0 bridgehead atoms. The van der Waals surface area contributed by atoms with Crippen LogP contribution in [0.25, 0.3) is 0 Å². The van der Waals surface area contributed by atoms with Gasteiger partial charge in [-0.1, -0.05) is 11.6 Å². The molecule has 0 aliphatic carbocycles. The normalized spacial score (nSPS) is 17.6. The second-order valence-corrected chi connectivity index (χ2v) is 4.48. The predicted octanol–water partition coefficient (Wildman–Crippen LogP) is 2.75. The van der Waals surface area contributed by atoms with Crippen LogP contribution in [0.2, 0.25) is 5.02 Å². The molecule has 2 rings (SSSR count). The van der Waals surface area contributed by atoms with Crippen molar-refractivity contribution >= 4 is 11.6 Å². The van der Waals surface area contributed by atoms with Gasteiger partial charge in [0, 0.05) is 30.8 Å². The fourth-order valence-corrected chi connectivity index (χ4v) is 2.12. The summed E-state index contributed by atoms with van der Waals surface area (Å²) in [5.74, 6) is -0.281. The Labute approximate surface area is 99.7 Å². The van der Waals surface area contributed by atoms with Gasteiger partial charge in [-0.2, -0.15) is 0 Å². The molecule has 88 valence electrons. The number of ether oxygens (including phenoxy) is 1. The minimum Gasteiger partial charge on any atom is -0.381 e. The molecule has 1 aliphatic rings. The third kappa shape index (κ3) is 3.44. The number of nitrogens with one attached hydrogen (secondary N) is 1. The van der Waals surface area contributed by atoms with Gasteiger partial charge in [0.25, 0.3) is 0 Å². The number of hydrogen-bond acceptors (Lipinski definition) is 2. The maximum absolute atomic E-state index is 13.1. The molecule has 1 fully saturated rings. The van der Waals surface area contributed by atoms with Crippen LogP contribution in [0.3, 0.4) is 0 Å². The highest BCUT2D eigenvalue weighted by atomic mass is 35.5. The third-order valence-corrected chi connectivity index (χ3v) is 2.96. The van der Waals surface area contributed by atoms with Crippen molar-refractivity contribution in [1.29, 1.82) is 0 Å². The lowest BCUT2D eigenvalue weighted by atomic mass is 10.1. The SMILES string of the molecule is Fc1cc(Cl)cc(CNC2CCOCC2)c1. The molecule has 2 nitrogen and oxygen atoms in total. The largest absolute Gasteiger partial charge is 0.381 e. The monoisotopic (exact) mass is 243 g/mol. The summed E-state index contributed by atoms with van der Waals surface area (Å²) in [7, 11) is 0. The van der Waals surface area contributed by atoms with Crippen molar-refractivity contribution in [3.05, 3.63) is 34.6 Å². The summed E-state index contributed by atoms with van der Waals surface area (Å²) in [4.78, 5) is 0. The molecular weight excluding hydrogens is 229 g/mol. The van der Waals surface area contributed by atoms with Crippen LogP contribution >= 0.6 is 11.6 Å². The van der Waals surface area contributed by atoms with Crippen LogP contribution in [0.5, 0.6) is 0 Å². The molecule has 1 heterocycles. The number of benzene rings is 1. The van der Waals surface area contributed by atoms with Crippen LogP contribution in [0.15, 0.2) is 18.2 Å². The summed E-state index contributed by atoms with van der Waals surface area (Å²) >= 11 is 5.78. The average molecular weight is 244 g/mol. The first-order chi connectivity index (χ1) is 7.74. The Morgan fingerprint density at radius 3 is 2.75 bits per heavy atom. The van der Waals surface area contributed by atoms with Gasteiger partial charge in [-0.25, -0.2) is 4.39 Å². The minimum atomic E-state index is -0.281. The molecule has 1 aromatic rings. The second kappa shape index (κ2) is 5.62. The third-order valence-electron chi connectivity index (χ3n) is 2.74. The highest BCUT2D eigenvalue weighted by Crippen LogP contribution is 2.15. The summed E-state index contributed by atoms with van der Waals surface area (Å²) in [6, 6.07) is 5.09. The van der Waals surface area contributed by atoms with E-state index in [1.54, 1.807) is 6.07 Å². The summed E-state index contributed by atoms with van der Waals surface area (Å²) in [6.45, 7) is 2.27. The Balaban J connectivity index is 1.88. The summed E-state index contributed by atoms with van der Waals surface area (Å²) in [6.07, 6.45) is 2.03. The first-order valence-electron chi connectivity index (χ1n) is 5.50. The zero-order valence-corrected chi connectivity index (χ0v) is 9.77. The molecule has 4 heteroatoms. The first-order valence-corrected chi connectivity index (χ1v) is 5.88. The van der Waals surface area contributed by atoms with Crippen molar-refractivity contribution in [2.75, 3.05) is 13.2 Å². The number of hydrogen-bond donors (Lipinski definition) is 1. The highest BCUT2D eigenvalue weighted by Gasteiger charge is 2.12. The van der Waals surface area contributed by atoms with E-state index in [-0.39, 0.29) is 5.82 Å². The summed E-state index contributed by atoms with van der Waals surface area (Å²) in [5, 5.41) is 3.83. The van der Waals surface area contributed by atoms with Gasteiger partial charge in [0.1, 0.15) is 5.82 Å². The van der Waals surface area contributed by atoms with Crippen LogP contribution in [-0.4, -0.2) is 19.3 Å². The van der Waals surface area contributed by atoms with E-state index in [0.29, 0.717) is 17.6 Å². The quantitative estimate of drug-likeness (QED) is 0.882. The topological polar surface area (TPSA) is 21.3 Å². The lowest BCUT2D eigenvalue weighted by Crippen LogP contribution is -2.34. The molecule has 1 aliphatic heterocycles. The molecule has 0 atom stereocenters. The maximum Gasteiger partial charge on any atom is 0.125 e. The van der Waals surface area contributed by atoms with Crippen molar-refractivity contribution in [2.45, 2.75) is 25.4 Å². The summed E-state index contributed by atoms with van der Waals surface area (Å²) < 4.78 is 18.3. The van der Waals surface area contributed by atoms with Gasteiger partial charge < -0.3 is 10.1 Å². The molecule has 1 saturated heterocycles. The maximum atomic E-state index is 13.1. The molecule has 0 radical (unpaired) electrons. The lowest BCUT2D eigenvalue weighted by molar-refractivity contribution is 0.0776. The molecule has 16 heavy (non-hydrogen) atoms. The van der Waals surface area contributed by atoms with Crippen molar-refractivity contribution in [3.8, 4) is 0 Å². The van der Waals surface area contributed by atoms with Gasteiger partial charge >= 0.3 is 0 Å². The molecule has 1 N–H and O–H groups in total. The Morgan fingerprint density at radius 1 is 1.31 bits per heavy atom. The Morgan fingerprint density at radius 2 is 2.06 bits per heavy atom. The van der Waals surface area contributed by atoms with E-state index in [4.69, 9.17) is 16.3 Å². The fourth-order valence-electron chi connectivity index (χ4n) is 1.88. The van der Waals surface area contributed by atoms with E-state index in [2.05, 4.69) is 5.32 Å². The van der Waals surface area contributed by atoms with Crippen molar-refractivity contribution in [3.63, 3.8) is 0 Å². The molecule has 0 spiro atoms. The number of halogens is 2. The molecule has 0 aromatic heterocycles. The smallest absolute Gasteiger partial charge is 0.125 e. The Hall–Kier alpha value is -0.640. The van der Waals surface area contributed by atoms with Crippen LogP contribution in [0.1, 0.15) is 18.4 Å². The summed E-state index contributed by atoms with van der Waals surface area (Å²) in [5.41, 5.74) is 0.886. The zero-order valence-electron chi connectivity index (χ0n) is 9.01. The van der Waals surface area contributed by atoms with E-state index in [0.717, 1.165) is 31.6 Å². The molecule has 1 aromatic carbocycles. The number of rotatable bonds is 3. The van der Waals surface area contributed by atoms with Gasteiger partial charge in [-0.3, -0.25) is 0 Å². The van der Waals surface area contributed by atoms with E-state index in [1.165, 1.54) is 12.1 Å². The second-order valence-electron chi connectivity index (χ2n) is 4.05.